The van der Waals surface area contributed by atoms with Crippen molar-refractivity contribution in [2.24, 2.45) is 11.3 Å². The normalized spacial score (nSPS) is 25.8. The van der Waals surface area contributed by atoms with Gasteiger partial charge in [-0.05, 0) is 31.1 Å². The summed E-state index contributed by atoms with van der Waals surface area (Å²) in [6.45, 7) is 5.87. The molecule has 1 aliphatic carbocycles. The molecule has 5 N–H and O–H groups in total. The number of hydrogen-bond donors (Lipinski definition) is 5. The van der Waals surface area contributed by atoms with Crippen LogP contribution in [0.1, 0.15) is 59.3 Å². The first-order valence-electron chi connectivity index (χ1n) is 12.0. The highest BCUT2D eigenvalue weighted by Gasteiger charge is 2.38. The molecular formula is C24H40N2O8. The first-order chi connectivity index (χ1) is 15.9. The zero-order valence-electron chi connectivity index (χ0n) is 20.5. The number of aliphatic hydroxyl groups excluding tert-OH is 3. The van der Waals surface area contributed by atoms with Crippen LogP contribution in [0.3, 0.4) is 0 Å². The maximum Gasteiger partial charge on any atom is 0.309 e. The molecule has 0 aromatic rings. The molecule has 1 saturated heterocycles. The Labute approximate surface area is 201 Å². The molecule has 0 aromatic carbocycles. The van der Waals surface area contributed by atoms with Gasteiger partial charge < -0.3 is 35.4 Å². The second-order valence-electron chi connectivity index (χ2n) is 10.3. The van der Waals surface area contributed by atoms with Crippen molar-refractivity contribution in [2.75, 3.05) is 13.7 Å². The van der Waals surface area contributed by atoms with Crippen molar-refractivity contribution in [1.82, 2.24) is 10.6 Å². The van der Waals surface area contributed by atoms with E-state index >= 15 is 0 Å². The van der Waals surface area contributed by atoms with Gasteiger partial charge in [-0.3, -0.25) is 14.4 Å². The molecule has 2 amide bonds. The second kappa shape index (κ2) is 12.6. The lowest BCUT2D eigenvalue weighted by atomic mass is 9.94. The Kier molecular flexibility index (Phi) is 10.5. The number of carbonyl (C=O) groups is 3. The van der Waals surface area contributed by atoms with E-state index < -0.39 is 48.4 Å². The molecule has 2 aliphatic rings. The Morgan fingerprint density at radius 2 is 1.74 bits per heavy atom. The molecule has 1 heterocycles. The molecule has 10 heteroatoms. The summed E-state index contributed by atoms with van der Waals surface area (Å²) < 4.78 is 10.6. The molecule has 1 aliphatic heterocycles. The van der Waals surface area contributed by atoms with E-state index in [9.17, 15) is 29.7 Å². The van der Waals surface area contributed by atoms with Gasteiger partial charge in [-0.25, -0.2) is 0 Å². The number of rotatable bonds is 9. The van der Waals surface area contributed by atoms with Gasteiger partial charge in [0, 0.05) is 7.11 Å². The zero-order chi connectivity index (χ0) is 25.5. The molecule has 2 fully saturated rings. The van der Waals surface area contributed by atoms with E-state index in [0.717, 1.165) is 25.7 Å². The van der Waals surface area contributed by atoms with E-state index in [2.05, 4.69) is 10.6 Å². The fourth-order valence-corrected chi connectivity index (χ4v) is 4.12. The van der Waals surface area contributed by atoms with Crippen molar-refractivity contribution in [3.63, 3.8) is 0 Å². The molecule has 6 unspecified atom stereocenters. The number of nitrogens with one attached hydrogen (secondary N) is 2. The van der Waals surface area contributed by atoms with E-state index in [1.54, 1.807) is 6.08 Å². The first kappa shape index (κ1) is 28.2. The average Bonchev–Trinajstić information content (AvgIpc) is 3.26. The number of aliphatic hydroxyl groups is 3. The number of hydrogen-bond acceptors (Lipinski definition) is 8. The van der Waals surface area contributed by atoms with Crippen LogP contribution >= 0.6 is 0 Å². The van der Waals surface area contributed by atoms with Gasteiger partial charge >= 0.3 is 5.97 Å². The van der Waals surface area contributed by atoms with Crippen LogP contribution in [0.4, 0.5) is 0 Å². The SMILES string of the molecule is COC(C(=O)NC1CCC(OC(=O)C2CCCC2)CNC1=O)C(O)C(O)C(O)/C=C/C(C)(C)C. The smallest absolute Gasteiger partial charge is 0.309 e. The fourth-order valence-electron chi connectivity index (χ4n) is 4.12. The molecule has 6 atom stereocenters. The predicted octanol–water partition coefficient (Wildman–Crippen LogP) is 0.183. The van der Waals surface area contributed by atoms with Crippen molar-refractivity contribution in [2.45, 2.75) is 95.9 Å². The van der Waals surface area contributed by atoms with Gasteiger partial charge in [0.15, 0.2) is 6.10 Å². The molecule has 34 heavy (non-hydrogen) atoms. The number of carbonyl (C=O) groups excluding carboxylic acids is 3. The minimum Gasteiger partial charge on any atom is -0.460 e. The Bertz CT molecular complexity index is 729. The highest BCUT2D eigenvalue weighted by atomic mass is 16.5. The lowest BCUT2D eigenvalue weighted by Gasteiger charge is -2.28. The number of ether oxygens (including phenoxy) is 2. The van der Waals surface area contributed by atoms with Gasteiger partial charge in [0.25, 0.3) is 5.91 Å². The summed E-state index contributed by atoms with van der Waals surface area (Å²) >= 11 is 0. The molecule has 0 bridgehead atoms. The van der Waals surface area contributed by atoms with Gasteiger partial charge in [0.05, 0.1) is 12.5 Å². The average molecular weight is 485 g/mol. The highest BCUT2D eigenvalue weighted by Crippen LogP contribution is 2.26. The van der Waals surface area contributed by atoms with Crippen LogP contribution in [0, 0.1) is 11.3 Å². The lowest BCUT2D eigenvalue weighted by Crippen LogP contribution is -2.55. The Hall–Kier alpha value is -2.01. The zero-order valence-corrected chi connectivity index (χ0v) is 20.5. The quantitative estimate of drug-likeness (QED) is 0.229. The molecule has 0 spiro atoms. The summed E-state index contributed by atoms with van der Waals surface area (Å²) in [7, 11) is 1.18. The van der Waals surface area contributed by atoms with E-state index in [4.69, 9.17) is 9.47 Å². The molecule has 2 rings (SSSR count). The van der Waals surface area contributed by atoms with Crippen LogP contribution in [0.25, 0.3) is 0 Å². The fraction of sp³-hybridized carbons (Fsp3) is 0.792. The third-order valence-corrected chi connectivity index (χ3v) is 6.20. The first-order valence-corrected chi connectivity index (χ1v) is 12.0. The van der Waals surface area contributed by atoms with Gasteiger partial charge in [-0.15, -0.1) is 0 Å². The van der Waals surface area contributed by atoms with Crippen molar-refractivity contribution < 1.29 is 39.2 Å². The number of amides is 2. The summed E-state index contributed by atoms with van der Waals surface area (Å²) in [5, 5.41) is 36.1. The number of methoxy groups -OCH3 is 1. The van der Waals surface area contributed by atoms with Gasteiger partial charge in [-0.2, -0.15) is 0 Å². The molecular weight excluding hydrogens is 444 g/mol. The second-order valence-corrected chi connectivity index (χ2v) is 10.3. The Balaban J connectivity index is 1.93. The Morgan fingerprint density at radius 1 is 1.09 bits per heavy atom. The van der Waals surface area contributed by atoms with Crippen LogP contribution in [-0.4, -0.2) is 83.3 Å². The molecule has 0 aromatic heterocycles. The summed E-state index contributed by atoms with van der Waals surface area (Å²) in [6, 6.07) is -0.921. The number of allylic oxidation sites excluding steroid dienone is 1. The van der Waals surface area contributed by atoms with Crippen molar-refractivity contribution in [1.29, 1.82) is 0 Å². The Morgan fingerprint density at radius 3 is 2.32 bits per heavy atom. The number of esters is 1. The van der Waals surface area contributed by atoms with Crippen LogP contribution in [0.15, 0.2) is 12.2 Å². The van der Waals surface area contributed by atoms with E-state index in [1.165, 1.54) is 13.2 Å². The van der Waals surface area contributed by atoms with Crippen molar-refractivity contribution in [3.8, 4) is 0 Å². The maximum absolute atomic E-state index is 12.7. The van der Waals surface area contributed by atoms with Crippen LogP contribution in [-0.2, 0) is 23.9 Å². The van der Waals surface area contributed by atoms with Crippen LogP contribution in [0.5, 0.6) is 0 Å². The summed E-state index contributed by atoms with van der Waals surface area (Å²) in [6.07, 6.45) is 0.480. The van der Waals surface area contributed by atoms with Crippen LogP contribution in [0.2, 0.25) is 0 Å². The summed E-state index contributed by atoms with van der Waals surface area (Å²) in [4.78, 5) is 37.5. The van der Waals surface area contributed by atoms with Gasteiger partial charge in [0.2, 0.25) is 5.91 Å². The maximum atomic E-state index is 12.7. The molecule has 0 radical (unpaired) electrons. The lowest BCUT2D eigenvalue weighted by molar-refractivity contribution is -0.154. The third kappa shape index (κ3) is 8.33. The highest BCUT2D eigenvalue weighted by molar-refractivity contribution is 5.89. The third-order valence-electron chi connectivity index (χ3n) is 6.20. The van der Waals surface area contributed by atoms with Crippen LogP contribution < -0.4 is 10.6 Å². The van der Waals surface area contributed by atoms with Gasteiger partial charge in [-0.1, -0.05) is 45.8 Å². The predicted molar refractivity (Wildman–Crippen MR) is 123 cm³/mol. The molecule has 1 saturated carbocycles. The monoisotopic (exact) mass is 484 g/mol. The van der Waals surface area contributed by atoms with Crippen molar-refractivity contribution >= 4 is 17.8 Å². The van der Waals surface area contributed by atoms with E-state index in [1.807, 2.05) is 20.8 Å². The minimum absolute atomic E-state index is 0.0848. The van der Waals surface area contributed by atoms with E-state index in [0.29, 0.717) is 6.42 Å². The standard InChI is InChI=1S/C24H40N2O8/c1-24(2,3)12-11-17(27)18(28)19(29)20(33-4)22(31)26-16-10-9-15(13-25-21(16)30)34-23(32)14-7-5-6-8-14/h11-12,14-20,27-29H,5-10,13H2,1-4H3,(H,25,30)(H,26,31)/b12-11+. The molecule has 10 nitrogen and oxygen atoms in total. The summed E-state index contributed by atoms with van der Waals surface area (Å²) in [5.74, 6) is -1.57. The minimum atomic E-state index is -1.74. The van der Waals surface area contributed by atoms with Gasteiger partial charge in [0.1, 0.15) is 30.5 Å². The van der Waals surface area contributed by atoms with E-state index in [-0.39, 0.29) is 30.3 Å². The van der Waals surface area contributed by atoms with Crippen molar-refractivity contribution in [3.05, 3.63) is 12.2 Å². The largest absolute Gasteiger partial charge is 0.460 e. The molecule has 194 valence electrons. The summed E-state index contributed by atoms with van der Waals surface area (Å²) in [5.41, 5.74) is -0.250. The topological polar surface area (TPSA) is 154 Å².